The Hall–Kier alpha value is -2.39. The number of piperazine rings is 1. The fourth-order valence-electron chi connectivity index (χ4n) is 3.92. The molecule has 1 aromatic carbocycles. The molecule has 0 saturated carbocycles. The first kappa shape index (κ1) is 24.3. The van der Waals surface area contributed by atoms with E-state index in [1.165, 1.54) is 17.3 Å². The lowest BCUT2D eigenvalue weighted by atomic mass is 10.1. The first-order valence-corrected chi connectivity index (χ1v) is 12.4. The second-order valence-electron chi connectivity index (χ2n) is 7.93. The molecular weight excluding hydrogens is 424 g/mol. The summed E-state index contributed by atoms with van der Waals surface area (Å²) in [6.07, 6.45) is 0. The van der Waals surface area contributed by atoms with Gasteiger partial charge in [0.1, 0.15) is 0 Å². The van der Waals surface area contributed by atoms with Crippen LogP contribution >= 0.6 is 11.8 Å². The maximum Gasteiger partial charge on any atom is 0.236 e. The van der Waals surface area contributed by atoms with E-state index in [9.17, 15) is 9.59 Å². The molecule has 3 rings (SSSR count). The van der Waals surface area contributed by atoms with Gasteiger partial charge in [0.05, 0.1) is 12.3 Å². The van der Waals surface area contributed by atoms with Crippen LogP contribution < -0.4 is 0 Å². The molecule has 2 amide bonds. The van der Waals surface area contributed by atoms with Crippen LogP contribution in [-0.4, -0.2) is 92.8 Å². The van der Waals surface area contributed by atoms with E-state index in [1.54, 1.807) is 0 Å². The van der Waals surface area contributed by atoms with Crippen LogP contribution in [0.25, 0.3) is 11.4 Å². The zero-order chi connectivity index (χ0) is 23.1. The first-order valence-electron chi connectivity index (χ1n) is 11.4. The van der Waals surface area contributed by atoms with Crippen LogP contribution in [0.5, 0.6) is 0 Å². The van der Waals surface area contributed by atoms with Crippen LogP contribution in [0.3, 0.4) is 0 Å². The Kier molecular flexibility index (Phi) is 8.69. The summed E-state index contributed by atoms with van der Waals surface area (Å²) in [5.74, 6) is 1.43. The van der Waals surface area contributed by atoms with Gasteiger partial charge in [0, 0.05) is 51.4 Å². The van der Waals surface area contributed by atoms with Crippen molar-refractivity contribution in [1.29, 1.82) is 0 Å². The minimum atomic E-state index is 0.104. The molecule has 1 fully saturated rings. The first-order chi connectivity index (χ1) is 15.5. The highest BCUT2D eigenvalue weighted by Gasteiger charge is 2.24. The zero-order valence-electron chi connectivity index (χ0n) is 19.6. The smallest absolute Gasteiger partial charge is 0.236 e. The molecular formula is C23H34N6O2S. The number of hydrogen-bond donors (Lipinski definition) is 0. The number of aryl methyl sites for hydroxylation is 1. The van der Waals surface area contributed by atoms with Gasteiger partial charge in [-0.05, 0) is 33.8 Å². The van der Waals surface area contributed by atoms with Gasteiger partial charge in [-0.3, -0.25) is 14.5 Å². The molecule has 2 aromatic rings. The van der Waals surface area contributed by atoms with E-state index < -0.39 is 0 Å². The average molecular weight is 459 g/mol. The summed E-state index contributed by atoms with van der Waals surface area (Å²) in [4.78, 5) is 31.0. The number of carbonyl (C=O) groups is 2. The Morgan fingerprint density at radius 3 is 2.41 bits per heavy atom. The van der Waals surface area contributed by atoms with Crippen molar-refractivity contribution in [2.75, 3.05) is 51.6 Å². The Bertz CT molecular complexity index is 919. The van der Waals surface area contributed by atoms with E-state index in [0.717, 1.165) is 49.3 Å². The fraction of sp³-hybridized carbons (Fsp3) is 0.565. The number of nitrogens with zero attached hydrogens (tertiary/aromatic N) is 6. The molecule has 8 nitrogen and oxygen atoms in total. The SMILES string of the molecule is CCN(CC)C(=O)CN1CCN(C(=O)CSc2nnc(-c3cccc(C)c3)n2CC)CC1. The molecule has 0 bridgehead atoms. The number of aromatic nitrogens is 3. The predicted molar refractivity (Wildman–Crippen MR) is 128 cm³/mol. The molecule has 1 aliphatic rings. The Morgan fingerprint density at radius 2 is 1.78 bits per heavy atom. The summed E-state index contributed by atoms with van der Waals surface area (Å²) in [5.41, 5.74) is 2.21. The third-order valence-electron chi connectivity index (χ3n) is 5.83. The number of benzene rings is 1. The lowest BCUT2D eigenvalue weighted by Crippen LogP contribution is -2.52. The molecule has 0 spiro atoms. The lowest BCUT2D eigenvalue weighted by Gasteiger charge is -2.35. The van der Waals surface area contributed by atoms with Crippen molar-refractivity contribution in [3.8, 4) is 11.4 Å². The van der Waals surface area contributed by atoms with E-state index in [4.69, 9.17) is 0 Å². The van der Waals surface area contributed by atoms with E-state index in [-0.39, 0.29) is 11.8 Å². The second-order valence-corrected chi connectivity index (χ2v) is 8.87. The molecule has 1 aromatic heterocycles. The van der Waals surface area contributed by atoms with E-state index in [1.807, 2.05) is 35.8 Å². The fourth-order valence-corrected chi connectivity index (χ4v) is 4.82. The van der Waals surface area contributed by atoms with Crippen LogP contribution in [0.4, 0.5) is 0 Å². The highest BCUT2D eigenvalue weighted by atomic mass is 32.2. The summed E-state index contributed by atoms with van der Waals surface area (Å²) >= 11 is 1.44. The molecule has 32 heavy (non-hydrogen) atoms. The van der Waals surface area contributed by atoms with E-state index in [0.29, 0.717) is 25.4 Å². The minimum Gasteiger partial charge on any atom is -0.342 e. The van der Waals surface area contributed by atoms with Crippen LogP contribution in [0.1, 0.15) is 26.3 Å². The van der Waals surface area contributed by atoms with Crippen LogP contribution in [0.2, 0.25) is 0 Å². The van der Waals surface area contributed by atoms with Gasteiger partial charge in [-0.1, -0.05) is 35.5 Å². The maximum absolute atomic E-state index is 12.8. The number of thioether (sulfide) groups is 1. The quantitative estimate of drug-likeness (QED) is 0.537. The molecule has 9 heteroatoms. The summed E-state index contributed by atoms with van der Waals surface area (Å²) < 4.78 is 2.06. The number of rotatable bonds is 9. The zero-order valence-corrected chi connectivity index (χ0v) is 20.4. The Morgan fingerprint density at radius 1 is 1.06 bits per heavy atom. The van der Waals surface area contributed by atoms with Crippen LogP contribution in [0.15, 0.2) is 29.4 Å². The molecule has 1 aliphatic heterocycles. The third kappa shape index (κ3) is 5.89. The number of likely N-dealkylation sites (N-methyl/N-ethyl adjacent to an activating group) is 1. The molecule has 0 unspecified atom stereocenters. The van der Waals surface area contributed by atoms with Crippen molar-refractivity contribution in [3.05, 3.63) is 29.8 Å². The standard InChI is InChI=1S/C23H34N6O2S/c1-5-27(6-2)20(30)16-26-11-13-28(14-12-26)21(31)17-32-23-25-24-22(29(23)7-3)19-10-8-9-18(4)15-19/h8-10,15H,5-7,11-14,16-17H2,1-4H3. The van der Waals surface area contributed by atoms with E-state index in [2.05, 4.69) is 45.6 Å². The van der Waals surface area contributed by atoms with Gasteiger partial charge in [-0.15, -0.1) is 10.2 Å². The summed E-state index contributed by atoms with van der Waals surface area (Å²) in [6, 6.07) is 8.21. The minimum absolute atomic E-state index is 0.104. The van der Waals surface area contributed by atoms with Gasteiger partial charge >= 0.3 is 0 Å². The van der Waals surface area contributed by atoms with Gasteiger partial charge in [0.15, 0.2) is 11.0 Å². The van der Waals surface area contributed by atoms with Crippen molar-refractivity contribution < 1.29 is 9.59 Å². The van der Waals surface area contributed by atoms with Crippen molar-refractivity contribution in [2.45, 2.75) is 39.4 Å². The van der Waals surface area contributed by atoms with Gasteiger partial charge < -0.3 is 14.4 Å². The largest absolute Gasteiger partial charge is 0.342 e. The number of carbonyl (C=O) groups excluding carboxylic acids is 2. The number of amides is 2. The molecule has 1 saturated heterocycles. The van der Waals surface area contributed by atoms with Gasteiger partial charge in [-0.2, -0.15) is 0 Å². The Balaban J connectivity index is 1.52. The molecule has 174 valence electrons. The normalized spacial score (nSPS) is 14.6. The Labute approximate surface area is 195 Å². The molecule has 0 N–H and O–H groups in total. The summed E-state index contributed by atoms with van der Waals surface area (Å²) in [6.45, 7) is 13.5. The van der Waals surface area contributed by atoms with E-state index >= 15 is 0 Å². The van der Waals surface area contributed by atoms with Gasteiger partial charge in [0.25, 0.3) is 0 Å². The van der Waals surface area contributed by atoms with Crippen molar-refractivity contribution in [3.63, 3.8) is 0 Å². The van der Waals surface area contributed by atoms with Crippen LogP contribution in [-0.2, 0) is 16.1 Å². The summed E-state index contributed by atoms with van der Waals surface area (Å²) in [7, 11) is 0. The monoisotopic (exact) mass is 458 g/mol. The van der Waals surface area contributed by atoms with Crippen molar-refractivity contribution in [2.24, 2.45) is 0 Å². The summed E-state index contributed by atoms with van der Waals surface area (Å²) in [5, 5.41) is 9.49. The molecule has 0 aliphatic carbocycles. The maximum atomic E-state index is 12.8. The lowest BCUT2D eigenvalue weighted by molar-refractivity contribution is -0.133. The topological polar surface area (TPSA) is 74.6 Å². The molecule has 2 heterocycles. The van der Waals surface area contributed by atoms with Crippen molar-refractivity contribution >= 4 is 23.6 Å². The highest BCUT2D eigenvalue weighted by molar-refractivity contribution is 7.99. The van der Waals surface area contributed by atoms with Gasteiger partial charge in [-0.25, -0.2) is 0 Å². The molecule has 0 atom stereocenters. The van der Waals surface area contributed by atoms with Crippen molar-refractivity contribution in [1.82, 2.24) is 29.5 Å². The van der Waals surface area contributed by atoms with Gasteiger partial charge in [0.2, 0.25) is 11.8 Å². The third-order valence-corrected chi connectivity index (χ3v) is 6.79. The average Bonchev–Trinajstić information content (AvgIpc) is 3.21. The van der Waals surface area contributed by atoms with Crippen LogP contribution in [0, 0.1) is 6.92 Å². The number of hydrogen-bond acceptors (Lipinski definition) is 6. The molecule has 0 radical (unpaired) electrons. The highest BCUT2D eigenvalue weighted by Crippen LogP contribution is 2.25. The second kappa shape index (κ2) is 11.5. The predicted octanol–water partition coefficient (Wildman–Crippen LogP) is 2.38.